The number of amides is 1. The highest BCUT2D eigenvalue weighted by Crippen LogP contribution is 2.39. The molecular weight excluding hydrogens is 392 g/mol. The number of methoxy groups -OCH3 is 2. The van der Waals surface area contributed by atoms with Crippen LogP contribution in [0, 0.1) is 0 Å². The second kappa shape index (κ2) is 9.17. The molecule has 156 valence electrons. The molecule has 31 heavy (non-hydrogen) atoms. The summed E-state index contributed by atoms with van der Waals surface area (Å²) in [5, 5.41) is 4.82. The van der Waals surface area contributed by atoms with Crippen molar-refractivity contribution in [2.24, 2.45) is 0 Å². The lowest BCUT2D eigenvalue weighted by molar-refractivity contribution is 0.102. The first kappa shape index (κ1) is 20.2. The monoisotopic (exact) mass is 414 g/mol. The molecule has 6 heteroatoms. The number of benzene rings is 3. The highest BCUT2D eigenvalue weighted by molar-refractivity contribution is 6.09. The van der Waals surface area contributed by atoms with Gasteiger partial charge in [-0.25, -0.2) is 0 Å². The third-order valence-corrected chi connectivity index (χ3v) is 4.88. The van der Waals surface area contributed by atoms with Crippen molar-refractivity contribution >= 4 is 22.4 Å². The summed E-state index contributed by atoms with van der Waals surface area (Å²) in [4.78, 5) is 17.1. The molecule has 0 atom stereocenters. The van der Waals surface area contributed by atoms with Gasteiger partial charge in [-0.1, -0.05) is 42.5 Å². The summed E-state index contributed by atoms with van der Waals surface area (Å²) in [7, 11) is 3.06. The van der Waals surface area contributed by atoms with E-state index in [1.165, 1.54) is 14.2 Å². The van der Waals surface area contributed by atoms with E-state index in [9.17, 15) is 4.79 Å². The van der Waals surface area contributed by atoms with Crippen molar-refractivity contribution in [1.29, 1.82) is 0 Å². The number of anilines is 1. The first-order valence-electron chi connectivity index (χ1n) is 9.76. The van der Waals surface area contributed by atoms with Crippen LogP contribution >= 0.6 is 0 Å². The van der Waals surface area contributed by atoms with Crippen molar-refractivity contribution in [3.05, 3.63) is 90.3 Å². The molecule has 1 amide bonds. The van der Waals surface area contributed by atoms with Crippen LogP contribution in [0.4, 0.5) is 5.69 Å². The van der Waals surface area contributed by atoms with Gasteiger partial charge in [-0.05, 0) is 29.8 Å². The van der Waals surface area contributed by atoms with Crippen LogP contribution in [-0.2, 0) is 6.61 Å². The minimum Gasteiger partial charge on any atom is -0.493 e. The van der Waals surface area contributed by atoms with Crippen LogP contribution < -0.4 is 19.5 Å². The first-order chi connectivity index (χ1) is 15.2. The fraction of sp³-hybridized carbons (Fsp3) is 0.120. The number of pyridine rings is 1. The van der Waals surface area contributed by atoms with Gasteiger partial charge in [0.1, 0.15) is 6.61 Å². The Labute approximate surface area is 180 Å². The zero-order valence-electron chi connectivity index (χ0n) is 17.3. The van der Waals surface area contributed by atoms with E-state index in [-0.39, 0.29) is 5.91 Å². The van der Waals surface area contributed by atoms with Crippen LogP contribution in [0.1, 0.15) is 15.9 Å². The highest BCUT2D eigenvalue weighted by atomic mass is 16.5. The number of rotatable bonds is 7. The predicted octanol–water partition coefficient (Wildman–Crippen LogP) is 5.08. The number of nitrogens with one attached hydrogen (secondary N) is 1. The molecule has 0 radical (unpaired) electrons. The van der Waals surface area contributed by atoms with Gasteiger partial charge in [-0.2, -0.15) is 0 Å². The molecule has 1 heterocycles. The van der Waals surface area contributed by atoms with Crippen LogP contribution in [-0.4, -0.2) is 25.1 Å². The topological polar surface area (TPSA) is 69.7 Å². The Morgan fingerprint density at radius 3 is 2.39 bits per heavy atom. The number of aromatic nitrogens is 1. The molecule has 0 fully saturated rings. The van der Waals surface area contributed by atoms with Crippen LogP contribution in [0.3, 0.4) is 0 Å². The molecule has 0 unspecified atom stereocenters. The number of hydrogen-bond donors (Lipinski definition) is 1. The standard InChI is InChI=1S/C25H22N2O4/c1-29-22-13-19(14-23(30-2)24(22)31-16-17-7-4-3-5-8-17)25(28)27-21-10-6-9-18-15-26-12-11-20(18)21/h3-15H,16H2,1-2H3,(H,27,28). The minimum absolute atomic E-state index is 0.282. The number of fused-ring (bicyclic) bond motifs is 1. The molecule has 0 spiro atoms. The maximum Gasteiger partial charge on any atom is 0.255 e. The normalized spacial score (nSPS) is 10.5. The summed E-state index contributed by atoms with van der Waals surface area (Å²) in [6, 6.07) is 20.6. The number of carbonyl (C=O) groups excluding carboxylic acids is 1. The lowest BCUT2D eigenvalue weighted by Gasteiger charge is -2.16. The predicted molar refractivity (Wildman–Crippen MR) is 120 cm³/mol. The van der Waals surface area contributed by atoms with Crippen molar-refractivity contribution in [2.45, 2.75) is 6.61 Å². The molecule has 1 aromatic heterocycles. The van der Waals surface area contributed by atoms with Gasteiger partial charge in [-0.3, -0.25) is 9.78 Å². The maximum atomic E-state index is 13.0. The molecule has 0 saturated heterocycles. The molecule has 4 aromatic rings. The maximum absolute atomic E-state index is 13.0. The van der Waals surface area contributed by atoms with Crippen LogP contribution in [0.15, 0.2) is 79.1 Å². The van der Waals surface area contributed by atoms with Crippen molar-refractivity contribution in [3.63, 3.8) is 0 Å². The van der Waals surface area contributed by atoms with Gasteiger partial charge >= 0.3 is 0 Å². The second-order valence-electron chi connectivity index (χ2n) is 6.84. The number of carbonyl (C=O) groups is 1. The fourth-order valence-electron chi connectivity index (χ4n) is 3.31. The van der Waals surface area contributed by atoms with E-state index in [1.54, 1.807) is 24.5 Å². The van der Waals surface area contributed by atoms with Gasteiger partial charge < -0.3 is 19.5 Å². The Morgan fingerprint density at radius 2 is 1.68 bits per heavy atom. The lowest BCUT2D eigenvalue weighted by atomic mass is 10.1. The van der Waals surface area contributed by atoms with Gasteiger partial charge in [0, 0.05) is 34.4 Å². The van der Waals surface area contributed by atoms with Crippen LogP contribution in [0.25, 0.3) is 10.8 Å². The van der Waals surface area contributed by atoms with E-state index in [0.717, 1.165) is 16.3 Å². The van der Waals surface area contributed by atoms with Gasteiger partial charge in [0.2, 0.25) is 5.75 Å². The van der Waals surface area contributed by atoms with E-state index in [4.69, 9.17) is 14.2 Å². The van der Waals surface area contributed by atoms with Crippen molar-refractivity contribution in [2.75, 3.05) is 19.5 Å². The zero-order valence-corrected chi connectivity index (χ0v) is 17.3. The summed E-state index contributed by atoms with van der Waals surface area (Å²) in [5.41, 5.74) is 2.11. The average Bonchev–Trinajstić information content (AvgIpc) is 2.83. The highest BCUT2D eigenvalue weighted by Gasteiger charge is 2.18. The Hall–Kier alpha value is -4.06. The molecule has 0 bridgehead atoms. The minimum atomic E-state index is -0.282. The summed E-state index contributed by atoms with van der Waals surface area (Å²) in [5.74, 6) is 1.00. The average molecular weight is 414 g/mol. The largest absolute Gasteiger partial charge is 0.493 e. The smallest absolute Gasteiger partial charge is 0.255 e. The SMILES string of the molecule is COc1cc(C(=O)Nc2cccc3cnccc23)cc(OC)c1OCc1ccccc1. The molecule has 0 aliphatic carbocycles. The fourth-order valence-corrected chi connectivity index (χ4v) is 3.31. The van der Waals surface area contributed by atoms with E-state index >= 15 is 0 Å². The molecule has 4 rings (SSSR count). The lowest BCUT2D eigenvalue weighted by Crippen LogP contribution is -2.13. The van der Waals surface area contributed by atoms with Gasteiger partial charge in [0.15, 0.2) is 11.5 Å². The summed E-state index contributed by atoms with van der Waals surface area (Å²) in [6.07, 6.45) is 3.46. The van der Waals surface area contributed by atoms with E-state index in [2.05, 4.69) is 10.3 Å². The Morgan fingerprint density at radius 1 is 0.935 bits per heavy atom. The van der Waals surface area contributed by atoms with E-state index in [1.807, 2.05) is 54.6 Å². The summed E-state index contributed by atoms with van der Waals surface area (Å²) < 4.78 is 16.9. The Bertz CT molecular complexity index is 1180. The van der Waals surface area contributed by atoms with Gasteiger partial charge in [0.25, 0.3) is 5.91 Å². The van der Waals surface area contributed by atoms with E-state index in [0.29, 0.717) is 35.1 Å². The molecule has 6 nitrogen and oxygen atoms in total. The number of ether oxygens (including phenoxy) is 3. The number of hydrogen-bond acceptors (Lipinski definition) is 5. The third-order valence-electron chi connectivity index (χ3n) is 4.88. The zero-order chi connectivity index (χ0) is 21.6. The first-order valence-corrected chi connectivity index (χ1v) is 9.76. The van der Waals surface area contributed by atoms with Crippen LogP contribution in [0.2, 0.25) is 0 Å². The molecule has 3 aromatic carbocycles. The molecule has 1 N–H and O–H groups in total. The summed E-state index contributed by atoms with van der Waals surface area (Å²) in [6.45, 7) is 0.350. The molecular formula is C25H22N2O4. The second-order valence-corrected chi connectivity index (χ2v) is 6.84. The van der Waals surface area contributed by atoms with Gasteiger partial charge in [0.05, 0.1) is 14.2 Å². The Balaban J connectivity index is 1.61. The Kier molecular flexibility index (Phi) is 5.98. The van der Waals surface area contributed by atoms with Crippen molar-refractivity contribution < 1.29 is 19.0 Å². The number of nitrogens with zero attached hydrogens (tertiary/aromatic N) is 1. The molecule has 0 aliphatic rings. The summed E-state index contributed by atoms with van der Waals surface area (Å²) >= 11 is 0. The van der Waals surface area contributed by atoms with E-state index < -0.39 is 0 Å². The quantitative estimate of drug-likeness (QED) is 0.457. The van der Waals surface area contributed by atoms with Crippen molar-refractivity contribution in [1.82, 2.24) is 4.98 Å². The van der Waals surface area contributed by atoms with Gasteiger partial charge in [-0.15, -0.1) is 0 Å². The van der Waals surface area contributed by atoms with Crippen molar-refractivity contribution in [3.8, 4) is 17.2 Å². The molecule has 0 aliphatic heterocycles. The third kappa shape index (κ3) is 4.43. The molecule has 0 saturated carbocycles. The van der Waals surface area contributed by atoms with Crippen LogP contribution in [0.5, 0.6) is 17.2 Å².